The summed E-state index contributed by atoms with van der Waals surface area (Å²) >= 11 is 1.80. The molecule has 2 aliphatic rings. The Hall–Kier alpha value is -1.40. The van der Waals surface area contributed by atoms with Gasteiger partial charge in [-0.15, -0.1) is 11.3 Å². The number of rotatable bonds is 5. The smallest absolute Gasteiger partial charge is 0.126 e. The Morgan fingerprint density at radius 3 is 2.77 bits per heavy atom. The first-order chi connectivity index (χ1) is 12.6. The Morgan fingerprint density at radius 1 is 1.15 bits per heavy atom. The van der Waals surface area contributed by atoms with Gasteiger partial charge in [0.2, 0.25) is 0 Å². The van der Waals surface area contributed by atoms with Crippen LogP contribution < -0.4 is 10.1 Å². The summed E-state index contributed by atoms with van der Waals surface area (Å²) in [7, 11) is 0. The molecule has 0 aliphatic heterocycles. The molecule has 1 aromatic heterocycles. The average molecular weight is 374 g/mol. The van der Waals surface area contributed by atoms with Gasteiger partial charge in [-0.25, -0.2) is 0 Å². The van der Waals surface area contributed by atoms with Crippen LogP contribution in [0.15, 0.2) is 36.4 Å². The fourth-order valence-electron chi connectivity index (χ4n) is 4.24. The van der Waals surface area contributed by atoms with E-state index in [-0.39, 0.29) is 18.1 Å². The van der Waals surface area contributed by atoms with Crippen LogP contribution in [0.5, 0.6) is 5.75 Å². The fraction of sp³-hybridized carbons (Fsp3) is 0.524. The van der Waals surface area contributed by atoms with E-state index < -0.39 is 12.2 Å². The van der Waals surface area contributed by atoms with Crippen molar-refractivity contribution in [2.24, 2.45) is 5.92 Å². The van der Waals surface area contributed by atoms with Crippen LogP contribution in [0.3, 0.4) is 0 Å². The van der Waals surface area contributed by atoms with E-state index in [1.807, 2.05) is 30.3 Å². The van der Waals surface area contributed by atoms with E-state index in [1.54, 1.807) is 11.3 Å². The molecule has 0 radical (unpaired) electrons. The molecule has 5 heteroatoms. The molecule has 26 heavy (non-hydrogen) atoms. The second-order valence-electron chi connectivity index (χ2n) is 7.53. The average Bonchev–Trinajstić information content (AvgIpc) is 3.19. The molecule has 0 saturated heterocycles. The van der Waals surface area contributed by atoms with E-state index in [1.165, 1.54) is 9.75 Å². The summed E-state index contributed by atoms with van der Waals surface area (Å²) in [6.45, 7) is 2.83. The number of hydrogen-bond donors (Lipinski definition) is 3. The summed E-state index contributed by atoms with van der Waals surface area (Å²) < 4.78 is 5.94. The van der Waals surface area contributed by atoms with E-state index in [0.717, 1.165) is 43.5 Å². The van der Waals surface area contributed by atoms with E-state index in [2.05, 4.69) is 18.3 Å². The van der Waals surface area contributed by atoms with Gasteiger partial charge in [-0.1, -0.05) is 18.2 Å². The minimum atomic E-state index is -0.519. The number of hydrogen-bond acceptors (Lipinski definition) is 5. The van der Waals surface area contributed by atoms with Gasteiger partial charge in [0.25, 0.3) is 0 Å². The maximum atomic E-state index is 10.7. The van der Waals surface area contributed by atoms with Crippen molar-refractivity contribution in [2.75, 3.05) is 6.54 Å². The number of nitrogens with one attached hydrogen (secondary N) is 1. The fourth-order valence-corrected chi connectivity index (χ4v) is 5.33. The van der Waals surface area contributed by atoms with Crippen molar-refractivity contribution in [3.05, 3.63) is 51.7 Å². The number of aryl methyl sites for hydroxylation is 2. The van der Waals surface area contributed by atoms with Crippen molar-refractivity contribution < 1.29 is 14.9 Å². The number of thiophene rings is 1. The lowest BCUT2D eigenvalue weighted by molar-refractivity contribution is 0.0399. The van der Waals surface area contributed by atoms with Gasteiger partial charge < -0.3 is 20.3 Å². The molecule has 1 heterocycles. The van der Waals surface area contributed by atoms with Gasteiger partial charge in [-0.05, 0) is 56.4 Å². The second kappa shape index (κ2) is 7.69. The van der Waals surface area contributed by atoms with Gasteiger partial charge in [0.15, 0.2) is 0 Å². The van der Waals surface area contributed by atoms with Crippen LogP contribution in [-0.2, 0) is 6.42 Å². The molecule has 0 spiro atoms. The molecular weight excluding hydrogens is 346 g/mol. The van der Waals surface area contributed by atoms with Crippen LogP contribution >= 0.6 is 11.3 Å². The summed E-state index contributed by atoms with van der Waals surface area (Å²) in [4.78, 5) is 2.61. The van der Waals surface area contributed by atoms with Crippen LogP contribution in [0.1, 0.15) is 40.7 Å². The molecule has 1 aromatic carbocycles. The van der Waals surface area contributed by atoms with Crippen LogP contribution in [-0.4, -0.2) is 35.0 Å². The van der Waals surface area contributed by atoms with Crippen LogP contribution in [0, 0.1) is 12.8 Å². The largest absolute Gasteiger partial charge is 0.488 e. The van der Waals surface area contributed by atoms with E-state index in [4.69, 9.17) is 4.74 Å². The second-order valence-corrected chi connectivity index (χ2v) is 8.87. The molecule has 0 amide bonds. The summed E-state index contributed by atoms with van der Waals surface area (Å²) in [5.74, 6) is 1.01. The predicted molar refractivity (Wildman–Crippen MR) is 104 cm³/mol. The molecule has 2 unspecified atom stereocenters. The standard InChI is InChI=1S/C21H27NO3S/c1-13-11-16-19(26-13)10-7-14(20(16)23)12-22-17-8-9-18(21(17)24)25-15-5-3-2-4-6-15/h2-6,11,14,17-18,20-24H,7-10,12H2,1H3/t14?,17-,18-,20?,21-/m1/s1. The number of aliphatic hydroxyl groups is 2. The maximum absolute atomic E-state index is 10.7. The third kappa shape index (κ3) is 3.67. The van der Waals surface area contributed by atoms with Gasteiger partial charge in [0.05, 0.1) is 6.10 Å². The SMILES string of the molecule is Cc1cc2c(s1)CCC(CN[C@@H]1CC[C@@H](Oc3ccccc3)[C@@H]1O)C2O. The van der Waals surface area contributed by atoms with E-state index in [9.17, 15) is 10.2 Å². The van der Waals surface area contributed by atoms with Gasteiger partial charge in [-0.2, -0.15) is 0 Å². The van der Waals surface area contributed by atoms with Crippen molar-refractivity contribution >= 4 is 11.3 Å². The Morgan fingerprint density at radius 2 is 1.96 bits per heavy atom. The monoisotopic (exact) mass is 373 g/mol. The first-order valence-electron chi connectivity index (χ1n) is 9.52. The normalized spacial score (nSPS) is 31.0. The van der Waals surface area contributed by atoms with E-state index in [0.29, 0.717) is 0 Å². The molecule has 4 rings (SSSR count). The zero-order valence-corrected chi connectivity index (χ0v) is 15.9. The first-order valence-corrected chi connectivity index (χ1v) is 10.3. The highest BCUT2D eigenvalue weighted by molar-refractivity contribution is 7.12. The predicted octanol–water partition coefficient (Wildman–Crippen LogP) is 3.21. The lowest BCUT2D eigenvalue weighted by Crippen LogP contribution is -2.44. The Bertz CT molecular complexity index is 732. The number of benzene rings is 1. The minimum Gasteiger partial charge on any atom is -0.488 e. The van der Waals surface area contributed by atoms with Crippen LogP contribution in [0.25, 0.3) is 0 Å². The Balaban J connectivity index is 1.31. The van der Waals surface area contributed by atoms with Crippen molar-refractivity contribution in [1.29, 1.82) is 0 Å². The van der Waals surface area contributed by atoms with Gasteiger partial charge in [0, 0.05) is 28.3 Å². The highest BCUT2D eigenvalue weighted by Gasteiger charge is 2.37. The van der Waals surface area contributed by atoms with Crippen molar-refractivity contribution in [2.45, 2.75) is 57.0 Å². The highest BCUT2D eigenvalue weighted by Crippen LogP contribution is 2.39. The molecule has 140 valence electrons. The number of fused-ring (bicyclic) bond motifs is 1. The van der Waals surface area contributed by atoms with E-state index >= 15 is 0 Å². The number of ether oxygens (including phenoxy) is 1. The molecule has 1 fully saturated rings. The number of aliphatic hydroxyl groups excluding tert-OH is 2. The Kier molecular flexibility index (Phi) is 5.32. The van der Waals surface area contributed by atoms with Crippen molar-refractivity contribution in [1.82, 2.24) is 5.32 Å². The zero-order valence-electron chi connectivity index (χ0n) is 15.1. The van der Waals surface area contributed by atoms with Crippen molar-refractivity contribution in [3.8, 4) is 5.75 Å². The van der Waals surface area contributed by atoms with Crippen LogP contribution in [0.2, 0.25) is 0 Å². The topological polar surface area (TPSA) is 61.7 Å². The van der Waals surface area contributed by atoms with Crippen LogP contribution in [0.4, 0.5) is 0 Å². The molecular formula is C21H27NO3S. The molecule has 2 aromatic rings. The molecule has 2 aliphatic carbocycles. The maximum Gasteiger partial charge on any atom is 0.126 e. The zero-order chi connectivity index (χ0) is 18.1. The summed E-state index contributed by atoms with van der Waals surface area (Å²) in [5, 5.41) is 24.8. The van der Waals surface area contributed by atoms with Gasteiger partial charge in [-0.3, -0.25) is 0 Å². The lowest BCUT2D eigenvalue weighted by Gasteiger charge is -2.30. The van der Waals surface area contributed by atoms with Crippen molar-refractivity contribution in [3.63, 3.8) is 0 Å². The summed E-state index contributed by atoms with van der Waals surface area (Å²) in [5.41, 5.74) is 1.11. The Labute approximate surface area is 158 Å². The molecule has 0 bridgehead atoms. The molecule has 5 atom stereocenters. The molecule has 1 saturated carbocycles. The third-order valence-electron chi connectivity index (χ3n) is 5.70. The first kappa shape index (κ1) is 18.0. The number of para-hydroxylation sites is 1. The minimum absolute atomic E-state index is 0.0292. The quantitative estimate of drug-likeness (QED) is 0.753. The highest BCUT2D eigenvalue weighted by atomic mass is 32.1. The molecule has 3 N–H and O–H groups in total. The van der Waals surface area contributed by atoms with Gasteiger partial charge >= 0.3 is 0 Å². The lowest BCUT2D eigenvalue weighted by atomic mass is 9.85. The third-order valence-corrected chi connectivity index (χ3v) is 6.83. The van der Waals surface area contributed by atoms with Gasteiger partial charge in [0.1, 0.15) is 18.0 Å². The molecule has 4 nitrogen and oxygen atoms in total. The summed E-state index contributed by atoms with van der Waals surface area (Å²) in [6, 6.07) is 11.8. The summed E-state index contributed by atoms with van der Waals surface area (Å²) in [6.07, 6.45) is 2.69.